The molecular weight excluding hydrogens is 196 g/mol. The smallest absolute Gasteiger partial charge is 0.203 e. The summed E-state index contributed by atoms with van der Waals surface area (Å²) in [5, 5.41) is 0. The monoisotopic (exact) mass is 210 g/mol. The third-order valence-corrected chi connectivity index (χ3v) is 2.41. The summed E-state index contributed by atoms with van der Waals surface area (Å²) in [6.07, 6.45) is 0.139. The minimum atomic E-state index is 0.139. The van der Waals surface area contributed by atoms with Crippen LogP contribution in [0.2, 0.25) is 0 Å². The van der Waals surface area contributed by atoms with Crippen molar-refractivity contribution in [3.63, 3.8) is 0 Å². The van der Waals surface area contributed by atoms with Crippen LogP contribution in [0, 0.1) is 0 Å². The maximum absolute atomic E-state index is 5.33. The predicted octanol–water partition coefficient (Wildman–Crippen LogP) is 1.78. The lowest BCUT2D eigenvalue weighted by Gasteiger charge is -2.14. The molecule has 4 nitrogen and oxygen atoms in total. The highest BCUT2D eigenvalue weighted by Crippen LogP contribution is 2.45. The van der Waals surface area contributed by atoms with E-state index in [9.17, 15) is 0 Å². The van der Waals surface area contributed by atoms with Gasteiger partial charge in [0.25, 0.3) is 0 Å². The van der Waals surface area contributed by atoms with Gasteiger partial charge >= 0.3 is 0 Å². The van der Waals surface area contributed by atoms with Crippen molar-refractivity contribution in [3.8, 4) is 17.2 Å². The molecule has 1 atom stereocenters. The number of hydrogen-bond acceptors (Lipinski definition) is 4. The van der Waals surface area contributed by atoms with Crippen LogP contribution in [0.15, 0.2) is 12.1 Å². The quantitative estimate of drug-likeness (QED) is 0.710. The minimum Gasteiger partial charge on any atom is -0.493 e. The van der Waals surface area contributed by atoms with Gasteiger partial charge in [-0.3, -0.25) is 0 Å². The number of epoxide rings is 1. The van der Waals surface area contributed by atoms with Crippen LogP contribution in [-0.2, 0) is 4.74 Å². The molecule has 1 aliphatic heterocycles. The van der Waals surface area contributed by atoms with E-state index in [2.05, 4.69) is 0 Å². The second kappa shape index (κ2) is 3.98. The van der Waals surface area contributed by atoms with Crippen LogP contribution in [0.1, 0.15) is 11.7 Å². The maximum atomic E-state index is 5.33. The highest BCUT2D eigenvalue weighted by atomic mass is 16.6. The van der Waals surface area contributed by atoms with Gasteiger partial charge in [-0.1, -0.05) is 0 Å². The highest BCUT2D eigenvalue weighted by molar-refractivity contribution is 5.56. The molecule has 15 heavy (non-hydrogen) atoms. The van der Waals surface area contributed by atoms with Crippen LogP contribution in [0.5, 0.6) is 17.2 Å². The summed E-state index contributed by atoms with van der Waals surface area (Å²) in [6, 6.07) is 3.80. The number of hydrogen-bond donors (Lipinski definition) is 0. The average molecular weight is 210 g/mol. The van der Waals surface area contributed by atoms with Gasteiger partial charge in [0.2, 0.25) is 5.75 Å². The van der Waals surface area contributed by atoms with E-state index in [4.69, 9.17) is 18.9 Å². The van der Waals surface area contributed by atoms with Gasteiger partial charge in [0.05, 0.1) is 27.9 Å². The van der Waals surface area contributed by atoms with Gasteiger partial charge in [0.1, 0.15) is 6.10 Å². The van der Waals surface area contributed by atoms with Crippen LogP contribution in [0.3, 0.4) is 0 Å². The Bertz CT molecular complexity index is 358. The summed E-state index contributed by atoms with van der Waals surface area (Å²) in [4.78, 5) is 0. The van der Waals surface area contributed by atoms with E-state index in [1.807, 2.05) is 12.1 Å². The zero-order chi connectivity index (χ0) is 10.8. The Kier molecular flexibility index (Phi) is 2.68. The molecule has 0 saturated carbocycles. The van der Waals surface area contributed by atoms with Crippen LogP contribution in [0.25, 0.3) is 0 Å². The fraction of sp³-hybridized carbons (Fsp3) is 0.455. The van der Waals surface area contributed by atoms with Crippen LogP contribution in [0.4, 0.5) is 0 Å². The van der Waals surface area contributed by atoms with Gasteiger partial charge < -0.3 is 18.9 Å². The molecule has 0 spiro atoms. The number of rotatable bonds is 4. The molecule has 0 N–H and O–H groups in total. The maximum Gasteiger partial charge on any atom is 0.203 e. The van der Waals surface area contributed by atoms with Crippen LogP contribution >= 0.6 is 0 Å². The lowest BCUT2D eigenvalue weighted by atomic mass is 10.1. The predicted molar refractivity (Wildman–Crippen MR) is 54.8 cm³/mol. The Morgan fingerprint density at radius 3 is 2.20 bits per heavy atom. The fourth-order valence-corrected chi connectivity index (χ4v) is 1.61. The third-order valence-electron chi connectivity index (χ3n) is 2.41. The van der Waals surface area contributed by atoms with Crippen molar-refractivity contribution in [1.29, 1.82) is 0 Å². The van der Waals surface area contributed by atoms with Gasteiger partial charge in [0, 0.05) is 5.56 Å². The first-order valence-corrected chi connectivity index (χ1v) is 4.72. The van der Waals surface area contributed by atoms with Gasteiger partial charge in [-0.25, -0.2) is 0 Å². The molecule has 0 aromatic heterocycles. The Balaban J connectivity index is 2.49. The van der Waals surface area contributed by atoms with E-state index in [-0.39, 0.29) is 6.10 Å². The first kappa shape index (κ1) is 10.1. The SMILES string of the molecule is COc1ccc([C@@H]2CO2)c(OC)c1OC. The van der Waals surface area contributed by atoms with Crippen molar-refractivity contribution >= 4 is 0 Å². The van der Waals surface area contributed by atoms with E-state index in [0.29, 0.717) is 17.2 Å². The molecule has 0 aliphatic carbocycles. The normalized spacial score (nSPS) is 18.5. The molecule has 0 amide bonds. The number of ether oxygens (including phenoxy) is 4. The molecule has 1 aromatic rings. The van der Waals surface area contributed by atoms with E-state index in [0.717, 1.165) is 12.2 Å². The summed E-state index contributed by atoms with van der Waals surface area (Å²) >= 11 is 0. The standard InChI is InChI=1S/C11H14O4/c1-12-8-5-4-7(9-6-15-9)10(13-2)11(8)14-3/h4-5,9H,6H2,1-3H3/t9-/m0/s1. The summed E-state index contributed by atoms with van der Waals surface area (Å²) in [7, 11) is 4.81. The Labute approximate surface area is 88.7 Å². The fourth-order valence-electron chi connectivity index (χ4n) is 1.61. The molecule has 1 saturated heterocycles. The van der Waals surface area contributed by atoms with E-state index >= 15 is 0 Å². The average Bonchev–Trinajstić information content (AvgIpc) is 3.10. The van der Waals surface area contributed by atoms with Crippen LogP contribution < -0.4 is 14.2 Å². The summed E-state index contributed by atoms with van der Waals surface area (Å²) in [5.74, 6) is 1.98. The molecule has 0 bridgehead atoms. The zero-order valence-corrected chi connectivity index (χ0v) is 9.07. The lowest BCUT2D eigenvalue weighted by Crippen LogP contribution is -1.98. The van der Waals surface area contributed by atoms with E-state index in [1.165, 1.54) is 0 Å². The van der Waals surface area contributed by atoms with Gasteiger partial charge in [-0.15, -0.1) is 0 Å². The molecule has 1 aromatic carbocycles. The van der Waals surface area contributed by atoms with Gasteiger partial charge in [-0.2, -0.15) is 0 Å². The summed E-state index contributed by atoms with van der Waals surface area (Å²) in [5.41, 5.74) is 1.01. The molecule has 1 fully saturated rings. The second-order valence-electron chi connectivity index (χ2n) is 3.25. The molecule has 4 heteroatoms. The number of methoxy groups -OCH3 is 3. The Hall–Kier alpha value is -1.42. The largest absolute Gasteiger partial charge is 0.493 e. The molecule has 0 radical (unpaired) electrons. The van der Waals surface area contributed by atoms with Gasteiger partial charge in [-0.05, 0) is 12.1 Å². The molecule has 2 rings (SSSR count). The van der Waals surface area contributed by atoms with Crippen molar-refractivity contribution < 1.29 is 18.9 Å². The topological polar surface area (TPSA) is 40.2 Å². The Morgan fingerprint density at radius 2 is 1.73 bits per heavy atom. The molecule has 82 valence electrons. The highest BCUT2D eigenvalue weighted by Gasteiger charge is 2.30. The van der Waals surface area contributed by atoms with E-state index < -0.39 is 0 Å². The number of benzene rings is 1. The lowest BCUT2D eigenvalue weighted by molar-refractivity contribution is 0.318. The van der Waals surface area contributed by atoms with Crippen molar-refractivity contribution in [1.82, 2.24) is 0 Å². The van der Waals surface area contributed by atoms with Crippen molar-refractivity contribution in [2.75, 3.05) is 27.9 Å². The van der Waals surface area contributed by atoms with E-state index in [1.54, 1.807) is 21.3 Å². The van der Waals surface area contributed by atoms with Crippen molar-refractivity contribution in [3.05, 3.63) is 17.7 Å². The van der Waals surface area contributed by atoms with Crippen molar-refractivity contribution in [2.45, 2.75) is 6.10 Å². The second-order valence-corrected chi connectivity index (χ2v) is 3.25. The third kappa shape index (κ3) is 1.72. The zero-order valence-electron chi connectivity index (χ0n) is 9.07. The van der Waals surface area contributed by atoms with Crippen molar-refractivity contribution in [2.24, 2.45) is 0 Å². The minimum absolute atomic E-state index is 0.139. The first-order valence-electron chi connectivity index (χ1n) is 4.72. The van der Waals surface area contributed by atoms with Crippen LogP contribution in [-0.4, -0.2) is 27.9 Å². The molecule has 1 heterocycles. The summed E-state index contributed by atoms with van der Waals surface area (Å²) < 4.78 is 21.0. The molecular formula is C11H14O4. The molecule has 1 aliphatic rings. The van der Waals surface area contributed by atoms with Gasteiger partial charge in [0.15, 0.2) is 11.5 Å². The first-order chi connectivity index (χ1) is 7.31. The Morgan fingerprint density at radius 1 is 1.07 bits per heavy atom. The molecule has 0 unspecified atom stereocenters. The summed E-state index contributed by atoms with van der Waals surface area (Å²) in [6.45, 7) is 0.742.